The van der Waals surface area contributed by atoms with E-state index >= 15 is 0 Å². The average Bonchev–Trinajstić information content (AvgIpc) is 2.44. The van der Waals surface area contributed by atoms with Crippen molar-refractivity contribution in [2.75, 3.05) is 13.2 Å². The van der Waals surface area contributed by atoms with Gasteiger partial charge in [-0.2, -0.15) is 0 Å². The predicted octanol–water partition coefficient (Wildman–Crippen LogP) is 1.85. The van der Waals surface area contributed by atoms with Crippen LogP contribution in [0.4, 0.5) is 0 Å². The fourth-order valence-corrected chi connectivity index (χ4v) is 2.13. The Kier molecular flexibility index (Phi) is 6.41. The van der Waals surface area contributed by atoms with Crippen LogP contribution in [-0.2, 0) is 4.79 Å². The second kappa shape index (κ2) is 7.69. The molecule has 0 saturated carbocycles. The van der Waals surface area contributed by atoms with Gasteiger partial charge in [0.05, 0.1) is 0 Å². The molecule has 1 aliphatic heterocycles. The molecule has 3 nitrogen and oxygen atoms in total. The monoisotopic (exact) mass is 213 g/mol. The van der Waals surface area contributed by atoms with Crippen LogP contribution in [0.2, 0.25) is 0 Å². The maximum absolute atomic E-state index is 11.6. The first-order valence-corrected chi connectivity index (χ1v) is 6.23. The van der Waals surface area contributed by atoms with E-state index in [1.807, 2.05) is 0 Å². The third-order valence-corrected chi connectivity index (χ3v) is 3.11. The number of nitrogens with one attached hydrogen (secondary N) is 1. The number of aliphatic hydroxyl groups excluding tert-OH is 1. The lowest BCUT2D eigenvalue weighted by Gasteiger charge is -2.12. The Morgan fingerprint density at radius 3 is 2.80 bits per heavy atom. The maximum Gasteiger partial charge on any atom is 0.223 e. The van der Waals surface area contributed by atoms with Gasteiger partial charge in [0.15, 0.2) is 0 Å². The van der Waals surface area contributed by atoms with Gasteiger partial charge in [-0.15, -0.1) is 0 Å². The summed E-state index contributed by atoms with van der Waals surface area (Å²) < 4.78 is 0. The Morgan fingerprint density at radius 1 is 1.20 bits per heavy atom. The second-order valence-electron chi connectivity index (χ2n) is 4.41. The van der Waals surface area contributed by atoms with Crippen LogP contribution in [0.25, 0.3) is 0 Å². The minimum atomic E-state index is 0.252. The van der Waals surface area contributed by atoms with E-state index in [2.05, 4.69) is 5.32 Å². The van der Waals surface area contributed by atoms with Crippen molar-refractivity contribution in [2.24, 2.45) is 5.92 Å². The molecule has 0 aromatic heterocycles. The van der Waals surface area contributed by atoms with Gasteiger partial charge in [0, 0.05) is 19.1 Å². The van der Waals surface area contributed by atoms with Gasteiger partial charge in [0.1, 0.15) is 0 Å². The van der Waals surface area contributed by atoms with E-state index in [1.165, 1.54) is 6.42 Å². The molecule has 0 aromatic carbocycles. The topological polar surface area (TPSA) is 49.3 Å². The first-order valence-electron chi connectivity index (χ1n) is 6.23. The zero-order chi connectivity index (χ0) is 10.9. The summed E-state index contributed by atoms with van der Waals surface area (Å²) in [7, 11) is 0. The molecule has 1 rings (SSSR count). The van der Waals surface area contributed by atoms with E-state index in [9.17, 15) is 4.79 Å². The average molecular weight is 213 g/mol. The Labute approximate surface area is 92.3 Å². The van der Waals surface area contributed by atoms with Crippen LogP contribution in [0.3, 0.4) is 0 Å². The van der Waals surface area contributed by atoms with E-state index in [-0.39, 0.29) is 11.8 Å². The Hall–Kier alpha value is -0.570. The summed E-state index contributed by atoms with van der Waals surface area (Å²) in [5, 5.41) is 11.6. The Morgan fingerprint density at radius 2 is 2.00 bits per heavy atom. The summed E-state index contributed by atoms with van der Waals surface area (Å²) in [6, 6.07) is 0. The van der Waals surface area contributed by atoms with Crippen molar-refractivity contribution < 1.29 is 9.90 Å². The number of carbonyl (C=O) groups is 1. The highest BCUT2D eigenvalue weighted by Gasteiger charge is 2.19. The lowest BCUT2D eigenvalue weighted by atomic mass is 9.95. The van der Waals surface area contributed by atoms with Crippen molar-refractivity contribution in [1.82, 2.24) is 5.32 Å². The molecular formula is C12H23NO2. The molecule has 2 N–H and O–H groups in total. The highest BCUT2D eigenvalue weighted by molar-refractivity contribution is 5.78. The van der Waals surface area contributed by atoms with Crippen LogP contribution < -0.4 is 5.32 Å². The summed E-state index contributed by atoms with van der Waals surface area (Å²) >= 11 is 0. The van der Waals surface area contributed by atoms with Crippen molar-refractivity contribution in [3.63, 3.8) is 0 Å². The highest BCUT2D eigenvalue weighted by Crippen LogP contribution is 2.19. The lowest BCUT2D eigenvalue weighted by molar-refractivity contribution is -0.124. The molecule has 1 saturated heterocycles. The van der Waals surface area contributed by atoms with Gasteiger partial charge in [0.2, 0.25) is 5.91 Å². The molecule has 0 bridgehead atoms. The van der Waals surface area contributed by atoms with Crippen molar-refractivity contribution in [1.29, 1.82) is 0 Å². The van der Waals surface area contributed by atoms with Crippen LogP contribution in [0, 0.1) is 5.92 Å². The summed E-state index contributed by atoms with van der Waals surface area (Å²) in [5.74, 6) is 0.510. The van der Waals surface area contributed by atoms with Gasteiger partial charge in [-0.25, -0.2) is 0 Å². The number of carbonyl (C=O) groups excluding carboxylic acids is 1. The fraction of sp³-hybridized carbons (Fsp3) is 0.917. The second-order valence-corrected chi connectivity index (χ2v) is 4.41. The van der Waals surface area contributed by atoms with Crippen molar-refractivity contribution in [3.05, 3.63) is 0 Å². The molecule has 1 unspecified atom stereocenters. The minimum absolute atomic E-state index is 0.252. The van der Waals surface area contributed by atoms with Gasteiger partial charge in [-0.3, -0.25) is 4.79 Å². The molecule has 0 aliphatic carbocycles. The lowest BCUT2D eigenvalue weighted by Crippen LogP contribution is -2.28. The summed E-state index contributed by atoms with van der Waals surface area (Å²) in [6.07, 6.45) is 8.65. The zero-order valence-corrected chi connectivity index (χ0v) is 9.50. The van der Waals surface area contributed by atoms with E-state index < -0.39 is 0 Å². The summed E-state index contributed by atoms with van der Waals surface area (Å²) in [4.78, 5) is 11.6. The number of unbranched alkanes of at least 4 members (excludes halogenated alkanes) is 3. The Balaban J connectivity index is 2.10. The third-order valence-electron chi connectivity index (χ3n) is 3.11. The van der Waals surface area contributed by atoms with Crippen LogP contribution >= 0.6 is 0 Å². The van der Waals surface area contributed by atoms with E-state index in [0.717, 1.165) is 51.5 Å². The SMILES string of the molecule is O=C1NCCCCC1CCCCCCO. The number of hydrogen-bond donors (Lipinski definition) is 2. The summed E-state index contributed by atoms with van der Waals surface area (Å²) in [5.41, 5.74) is 0. The number of rotatable bonds is 6. The molecule has 1 amide bonds. The molecule has 1 aliphatic rings. The van der Waals surface area contributed by atoms with Crippen molar-refractivity contribution in [3.8, 4) is 0 Å². The molecule has 3 heteroatoms. The molecule has 1 atom stereocenters. The quantitative estimate of drug-likeness (QED) is 0.661. The van der Waals surface area contributed by atoms with Crippen molar-refractivity contribution >= 4 is 5.91 Å². The Bertz CT molecular complexity index is 182. The molecular weight excluding hydrogens is 190 g/mol. The molecule has 88 valence electrons. The standard InChI is InChI=1S/C12H23NO2/c14-10-6-2-1-3-7-11-8-4-5-9-13-12(11)15/h11,14H,1-10H2,(H,13,15). The van der Waals surface area contributed by atoms with Gasteiger partial charge >= 0.3 is 0 Å². The third kappa shape index (κ3) is 5.17. The molecule has 0 radical (unpaired) electrons. The van der Waals surface area contributed by atoms with E-state index in [4.69, 9.17) is 5.11 Å². The number of amides is 1. The smallest absolute Gasteiger partial charge is 0.223 e. The van der Waals surface area contributed by atoms with Crippen LogP contribution in [0.15, 0.2) is 0 Å². The van der Waals surface area contributed by atoms with Crippen LogP contribution in [-0.4, -0.2) is 24.2 Å². The van der Waals surface area contributed by atoms with Crippen LogP contribution in [0.1, 0.15) is 51.4 Å². The minimum Gasteiger partial charge on any atom is -0.396 e. The van der Waals surface area contributed by atoms with E-state index in [0.29, 0.717) is 6.61 Å². The highest BCUT2D eigenvalue weighted by atomic mass is 16.2. The van der Waals surface area contributed by atoms with Gasteiger partial charge in [-0.05, 0) is 25.7 Å². The first kappa shape index (κ1) is 12.5. The maximum atomic E-state index is 11.6. The largest absolute Gasteiger partial charge is 0.396 e. The molecule has 0 aromatic rings. The number of hydrogen-bond acceptors (Lipinski definition) is 2. The van der Waals surface area contributed by atoms with Gasteiger partial charge in [-0.1, -0.05) is 25.7 Å². The fourth-order valence-electron chi connectivity index (χ4n) is 2.13. The predicted molar refractivity (Wildman–Crippen MR) is 60.5 cm³/mol. The van der Waals surface area contributed by atoms with E-state index in [1.54, 1.807) is 0 Å². The normalized spacial score (nSPS) is 22.2. The first-order chi connectivity index (χ1) is 7.34. The molecule has 1 fully saturated rings. The van der Waals surface area contributed by atoms with Gasteiger partial charge in [0.25, 0.3) is 0 Å². The summed E-state index contributed by atoms with van der Waals surface area (Å²) in [6.45, 7) is 1.16. The van der Waals surface area contributed by atoms with Gasteiger partial charge < -0.3 is 10.4 Å². The van der Waals surface area contributed by atoms with Crippen molar-refractivity contribution in [2.45, 2.75) is 51.4 Å². The molecule has 0 spiro atoms. The molecule has 15 heavy (non-hydrogen) atoms. The molecule has 1 heterocycles. The van der Waals surface area contributed by atoms with Crippen LogP contribution in [0.5, 0.6) is 0 Å². The number of aliphatic hydroxyl groups is 1. The zero-order valence-electron chi connectivity index (χ0n) is 9.50.